The van der Waals surface area contributed by atoms with Crippen molar-refractivity contribution in [2.24, 2.45) is 0 Å². The minimum Gasteiger partial charge on any atom is -0.496 e. The van der Waals surface area contributed by atoms with Gasteiger partial charge >= 0.3 is 0 Å². The van der Waals surface area contributed by atoms with Gasteiger partial charge < -0.3 is 4.74 Å². The Morgan fingerprint density at radius 3 is 2.68 bits per heavy atom. The number of likely N-dealkylation sites (N-methyl/N-ethyl adjacent to an activating group) is 1. The summed E-state index contributed by atoms with van der Waals surface area (Å²) in [6.45, 7) is 5.59. The molecule has 0 N–H and O–H groups in total. The van der Waals surface area contributed by atoms with Crippen LogP contribution < -0.4 is 4.74 Å². The standard InChI is InChI=1S/C16H25NO2/c1-5-6-7-10-17(3)12-15(18)14-9-8-13(2)11-16(14)19-4/h8-9,11H,5-7,10,12H2,1-4H3. The molecule has 0 aromatic heterocycles. The average Bonchev–Trinajstić information content (AvgIpc) is 2.38. The van der Waals surface area contributed by atoms with Gasteiger partial charge in [-0.05, 0) is 44.6 Å². The molecule has 0 amide bonds. The van der Waals surface area contributed by atoms with E-state index < -0.39 is 0 Å². The van der Waals surface area contributed by atoms with Crippen LogP contribution in [0.1, 0.15) is 42.1 Å². The Labute approximate surface area is 116 Å². The van der Waals surface area contributed by atoms with Gasteiger partial charge in [0.2, 0.25) is 0 Å². The van der Waals surface area contributed by atoms with Crippen LogP contribution in [-0.4, -0.2) is 37.9 Å². The lowest BCUT2D eigenvalue weighted by Gasteiger charge is -2.16. The molecular formula is C16H25NO2. The number of methoxy groups -OCH3 is 1. The third-order valence-corrected chi connectivity index (χ3v) is 3.21. The number of rotatable bonds is 8. The second kappa shape index (κ2) is 7.95. The van der Waals surface area contributed by atoms with Gasteiger partial charge in [-0.15, -0.1) is 0 Å². The van der Waals surface area contributed by atoms with Crippen LogP contribution in [0.25, 0.3) is 0 Å². The molecule has 0 atom stereocenters. The molecule has 1 aromatic rings. The van der Waals surface area contributed by atoms with Crippen molar-refractivity contribution in [3.63, 3.8) is 0 Å². The SMILES string of the molecule is CCCCCN(C)CC(=O)c1ccc(C)cc1OC. The van der Waals surface area contributed by atoms with Crippen molar-refractivity contribution >= 4 is 5.78 Å². The summed E-state index contributed by atoms with van der Waals surface area (Å²) in [6.07, 6.45) is 3.56. The van der Waals surface area contributed by atoms with Crippen molar-refractivity contribution in [3.8, 4) is 5.75 Å². The van der Waals surface area contributed by atoms with Crippen molar-refractivity contribution in [1.29, 1.82) is 0 Å². The van der Waals surface area contributed by atoms with Crippen LogP contribution in [0.3, 0.4) is 0 Å². The molecule has 3 nitrogen and oxygen atoms in total. The maximum absolute atomic E-state index is 12.3. The Hall–Kier alpha value is -1.35. The average molecular weight is 263 g/mol. The third-order valence-electron chi connectivity index (χ3n) is 3.21. The van der Waals surface area contributed by atoms with E-state index in [9.17, 15) is 4.79 Å². The summed E-state index contributed by atoms with van der Waals surface area (Å²) >= 11 is 0. The Bertz CT molecular complexity index is 415. The maximum atomic E-state index is 12.3. The van der Waals surface area contributed by atoms with Crippen molar-refractivity contribution in [2.75, 3.05) is 27.2 Å². The predicted octanol–water partition coefficient (Wildman–Crippen LogP) is 3.31. The van der Waals surface area contributed by atoms with Crippen molar-refractivity contribution in [1.82, 2.24) is 4.90 Å². The first-order valence-electron chi connectivity index (χ1n) is 6.94. The molecule has 0 saturated carbocycles. The molecule has 1 rings (SSSR count). The van der Waals surface area contributed by atoms with E-state index >= 15 is 0 Å². The summed E-state index contributed by atoms with van der Waals surface area (Å²) in [7, 11) is 3.60. The molecule has 3 heteroatoms. The smallest absolute Gasteiger partial charge is 0.180 e. The fourth-order valence-electron chi connectivity index (χ4n) is 2.07. The van der Waals surface area contributed by atoms with Crippen molar-refractivity contribution in [2.45, 2.75) is 33.1 Å². The summed E-state index contributed by atoms with van der Waals surface area (Å²) in [6, 6.07) is 5.72. The first-order chi connectivity index (χ1) is 9.08. The number of ether oxygens (including phenoxy) is 1. The number of carbonyl (C=O) groups excluding carboxylic acids is 1. The number of carbonyl (C=O) groups is 1. The minimum absolute atomic E-state index is 0.121. The van der Waals surface area contributed by atoms with Gasteiger partial charge in [0, 0.05) is 0 Å². The lowest BCUT2D eigenvalue weighted by Crippen LogP contribution is -2.27. The lowest BCUT2D eigenvalue weighted by atomic mass is 10.1. The van der Waals surface area contributed by atoms with E-state index in [0.717, 1.165) is 18.5 Å². The Balaban J connectivity index is 2.62. The van der Waals surface area contributed by atoms with Crippen LogP contribution >= 0.6 is 0 Å². The van der Waals surface area contributed by atoms with Gasteiger partial charge in [-0.2, -0.15) is 0 Å². The van der Waals surface area contributed by atoms with Crippen LogP contribution in [0, 0.1) is 6.92 Å². The Morgan fingerprint density at radius 2 is 2.05 bits per heavy atom. The van der Waals surface area contributed by atoms with Crippen LogP contribution in [0.15, 0.2) is 18.2 Å². The van der Waals surface area contributed by atoms with Crippen LogP contribution in [0.2, 0.25) is 0 Å². The normalized spacial score (nSPS) is 10.8. The zero-order valence-corrected chi connectivity index (χ0v) is 12.5. The molecule has 1 aromatic carbocycles. The second-order valence-electron chi connectivity index (χ2n) is 5.07. The highest BCUT2D eigenvalue weighted by Crippen LogP contribution is 2.20. The summed E-state index contributed by atoms with van der Waals surface area (Å²) in [4.78, 5) is 14.3. The molecule has 106 valence electrons. The van der Waals surface area contributed by atoms with Gasteiger partial charge in [0.25, 0.3) is 0 Å². The largest absolute Gasteiger partial charge is 0.496 e. The monoisotopic (exact) mass is 263 g/mol. The third kappa shape index (κ3) is 5.03. The highest BCUT2D eigenvalue weighted by molar-refractivity contribution is 6.00. The van der Waals surface area contributed by atoms with E-state index in [1.807, 2.05) is 32.2 Å². The van der Waals surface area contributed by atoms with Gasteiger partial charge in [0.15, 0.2) is 5.78 Å². The number of hydrogen-bond acceptors (Lipinski definition) is 3. The molecule has 19 heavy (non-hydrogen) atoms. The van der Waals surface area contributed by atoms with Gasteiger partial charge in [-0.25, -0.2) is 0 Å². The van der Waals surface area contributed by atoms with E-state index in [1.54, 1.807) is 7.11 Å². The molecule has 0 heterocycles. The van der Waals surface area contributed by atoms with Crippen LogP contribution in [0.5, 0.6) is 5.75 Å². The summed E-state index contributed by atoms with van der Waals surface area (Å²) in [5, 5.41) is 0. The number of benzene rings is 1. The van der Waals surface area contributed by atoms with Crippen LogP contribution in [-0.2, 0) is 0 Å². The predicted molar refractivity (Wildman–Crippen MR) is 79.1 cm³/mol. The van der Waals surface area contributed by atoms with E-state index in [2.05, 4.69) is 11.8 Å². The number of ketones is 1. The topological polar surface area (TPSA) is 29.5 Å². The van der Waals surface area contributed by atoms with E-state index in [4.69, 9.17) is 4.74 Å². The van der Waals surface area contributed by atoms with Gasteiger partial charge in [-0.1, -0.05) is 25.8 Å². The highest BCUT2D eigenvalue weighted by atomic mass is 16.5. The fraction of sp³-hybridized carbons (Fsp3) is 0.562. The van der Waals surface area contributed by atoms with Gasteiger partial charge in [0.05, 0.1) is 19.2 Å². The highest BCUT2D eigenvalue weighted by Gasteiger charge is 2.14. The second-order valence-corrected chi connectivity index (χ2v) is 5.07. The molecule has 0 fully saturated rings. The molecule has 0 bridgehead atoms. The molecule has 0 aliphatic heterocycles. The molecular weight excluding hydrogens is 238 g/mol. The molecule has 0 saturated heterocycles. The Kier molecular flexibility index (Phi) is 6.57. The number of unbranched alkanes of at least 4 members (excludes halogenated alkanes) is 2. The molecule has 0 spiro atoms. The Morgan fingerprint density at radius 1 is 1.32 bits per heavy atom. The zero-order valence-electron chi connectivity index (χ0n) is 12.5. The van der Waals surface area contributed by atoms with Gasteiger partial charge in [0.1, 0.15) is 5.75 Å². The number of nitrogens with zero attached hydrogens (tertiary/aromatic N) is 1. The molecule has 0 aliphatic rings. The van der Waals surface area contributed by atoms with Crippen molar-refractivity contribution in [3.05, 3.63) is 29.3 Å². The first-order valence-corrected chi connectivity index (χ1v) is 6.94. The number of aryl methyl sites for hydroxylation is 1. The number of Topliss-reactive ketones (excluding diaryl/α,β-unsaturated/α-hetero) is 1. The molecule has 0 aliphatic carbocycles. The zero-order chi connectivity index (χ0) is 14.3. The maximum Gasteiger partial charge on any atom is 0.180 e. The summed E-state index contributed by atoms with van der Waals surface area (Å²) in [5.74, 6) is 0.794. The fourth-order valence-corrected chi connectivity index (χ4v) is 2.07. The first kappa shape index (κ1) is 15.7. The molecule has 0 unspecified atom stereocenters. The van der Waals surface area contributed by atoms with E-state index in [1.165, 1.54) is 12.8 Å². The van der Waals surface area contributed by atoms with E-state index in [-0.39, 0.29) is 5.78 Å². The minimum atomic E-state index is 0.121. The van der Waals surface area contributed by atoms with Crippen LogP contribution in [0.4, 0.5) is 0 Å². The van der Waals surface area contributed by atoms with E-state index in [0.29, 0.717) is 17.9 Å². The summed E-state index contributed by atoms with van der Waals surface area (Å²) in [5.41, 5.74) is 1.78. The van der Waals surface area contributed by atoms with Gasteiger partial charge in [-0.3, -0.25) is 9.69 Å². The number of hydrogen-bond donors (Lipinski definition) is 0. The quantitative estimate of drug-likeness (QED) is 0.532. The molecule has 0 radical (unpaired) electrons. The van der Waals surface area contributed by atoms with Crippen molar-refractivity contribution < 1.29 is 9.53 Å². The lowest BCUT2D eigenvalue weighted by molar-refractivity contribution is 0.0942. The summed E-state index contributed by atoms with van der Waals surface area (Å²) < 4.78 is 5.29.